The van der Waals surface area contributed by atoms with Gasteiger partial charge >= 0.3 is 0 Å². The summed E-state index contributed by atoms with van der Waals surface area (Å²) in [6.45, 7) is 3.77. The van der Waals surface area contributed by atoms with Crippen molar-refractivity contribution in [3.05, 3.63) is 29.8 Å². The molecule has 1 rings (SSSR count). The van der Waals surface area contributed by atoms with Crippen molar-refractivity contribution in [2.75, 3.05) is 33.9 Å². The minimum absolute atomic E-state index is 0.169. The van der Waals surface area contributed by atoms with E-state index in [4.69, 9.17) is 9.47 Å². The Balaban J connectivity index is 2.82. The lowest BCUT2D eigenvalue weighted by atomic mass is 10.2. The fourth-order valence-electron chi connectivity index (χ4n) is 1.85. The number of hydrogen-bond acceptors (Lipinski definition) is 5. The summed E-state index contributed by atoms with van der Waals surface area (Å²) in [5.74, 6) is 0. The third-order valence-electron chi connectivity index (χ3n) is 3.01. The third-order valence-corrected chi connectivity index (χ3v) is 4.54. The second-order valence-electron chi connectivity index (χ2n) is 4.55. The van der Waals surface area contributed by atoms with Crippen LogP contribution in [0.3, 0.4) is 0 Å². The van der Waals surface area contributed by atoms with Gasteiger partial charge in [-0.15, -0.1) is 0 Å². The molecule has 1 aromatic carbocycles. The van der Waals surface area contributed by atoms with Gasteiger partial charge in [0.1, 0.15) is 0 Å². The summed E-state index contributed by atoms with van der Waals surface area (Å²) in [6.07, 6.45) is -0.314. The van der Waals surface area contributed by atoms with E-state index in [0.29, 0.717) is 18.0 Å². The fourth-order valence-corrected chi connectivity index (χ4v) is 3.15. The second-order valence-corrected chi connectivity index (χ2v) is 6.29. The van der Waals surface area contributed by atoms with Crippen molar-refractivity contribution >= 4 is 10.0 Å². The van der Waals surface area contributed by atoms with E-state index < -0.39 is 10.0 Å². The Bertz CT molecular complexity index is 519. The SMILES string of the molecule is CCNCc1ccccc1S(=O)(=O)NCC(COC)OC. The maximum absolute atomic E-state index is 12.4. The molecule has 0 aliphatic rings. The standard InChI is InChI=1S/C14H24N2O4S/c1-4-15-9-12-7-5-6-8-14(12)21(17,18)16-10-13(20-3)11-19-2/h5-8,13,15-16H,4,9-11H2,1-3H3. The highest BCUT2D eigenvalue weighted by Crippen LogP contribution is 2.15. The lowest BCUT2D eigenvalue weighted by Gasteiger charge is -2.16. The quantitative estimate of drug-likeness (QED) is 0.666. The maximum Gasteiger partial charge on any atom is 0.240 e. The Hall–Kier alpha value is -0.990. The van der Waals surface area contributed by atoms with Crippen LogP contribution in [0.5, 0.6) is 0 Å². The normalized spacial score (nSPS) is 13.3. The van der Waals surface area contributed by atoms with Gasteiger partial charge in [-0.05, 0) is 18.2 Å². The van der Waals surface area contributed by atoms with Crippen molar-refractivity contribution in [1.29, 1.82) is 0 Å². The molecule has 0 saturated heterocycles. The number of ether oxygens (including phenoxy) is 2. The van der Waals surface area contributed by atoms with Gasteiger partial charge in [0.2, 0.25) is 10.0 Å². The molecule has 120 valence electrons. The van der Waals surface area contributed by atoms with Crippen LogP contribution < -0.4 is 10.0 Å². The minimum Gasteiger partial charge on any atom is -0.382 e. The van der Waals surface area contributed by atoms with Gasteiger partial charge in [0, 0.05) is 27.3 Å². The Kier molecular flexibility index (Phi) is 7.84. The van der Waals surface area contributed by atoms with E-state index in [9.17, 15) is 8.42 Å². The first-order valence-electron chi connectivity index (χ1n) is 6.85. The van der Waals surface area contributed by atoms with Crippen LogP contribution in [-0.2, 0) is 26.0 Å². The molecule has 0 aliphatic heterocycles. The maximum atomic E-state index is 12.4. The summed E-state index contributed by atoms with van der Waals surface area (Å²) in [5, 5.41) is 3.14. The van der Waals surface area contributed by atoms with Crippen molar-refractivity contribution in [3.63, 3.8) is 0 Å². The summed E-state index contributed by atoms with van der Waals surface area (Å²) < 4.78 is 37.5. The van der Waals surface area contributed by atoms with Gasteiger partial charge in [-0.25, -0.2) is 13.1 Å². The van der Waals surface area contributed by atoms with Crippen molar-refractivity contribution in [2.24, 2.45) is 0 Å². The summed E-state index contributed by atoms with van der Waals surface area (Å²) in [7, 11) is -0.498. The topological polar surface area (TPSA) is 76.7 Å². The molecule has 1 unspecified atom stereocenters. The molecule has 7 heteroatoms. The average Bonchev–Trinajstić information content (AvgIpc) is 2.49. The lowest BCUT2D eigenvalue weighted by molar-refractivity contribution is 0.0320. The van der Waals surface area contributed by atoms with E-state index in [0.717, 1.165) is 12.1 Å². The van der Waals surface area contributed by atoms with Crippen LogP contribution in [0, 0.1) is 0 Å². The van der Waals surface area contributed by atoms with Crippen molar-refractivity contribution in [3.8, 4) is 0 Å². The van der Waals surface area contributed by atoms with Gasteiger partial charge in [-0.1, -0.05) is 25.1 Å². The first-order chi connectivity index (χ1) is 10.0. The molecule has 0 bridgehead atoms. The minimum atomic E-state index is -3.57. The molecule has 6 nitrogen and oxygen atoms in total. The Morgan fingerprint density at radius 3 is 2.57 bits per heavy atom. The van der Waals surface area contributed by atoms with Gasteiger partial charge in [0.05, 0.1) is 17.6 Å². The smallest absolute Gasteiger partial charge is 0.240 e. The Morgan fingerprint density at radius 2 is 1.95 bits per heavy atom. The fraction of sp³-hybridized carbons (Fsp3) is 0.571. The molecule has 1 aromatic rings. The van der Waals surface area contributed by atoms with E-state index in [-0.39, 0.29) is 12.6 Å². The third kappa shape index (κ3) is 5.72. The molecular formula is C14H24N2O4S. The van der Waals surface area contributed by atoms with Gasteiger partial charge in [0.25, 0.3) is 0 Å². The number of nitrogens with one attached hydrogen (secondary N) is 2. The van der Waals surface area contributed by atoms with Gasteiger partial charge < -0.3 is 14.8 Å². The van der Waals surface area contributed by atoms with Crippen LogP contribution in [0.4, 0.5) is 0 Å². The molecule has 0 fully saturated rings. The zero-order chi connectivity index (χ0) is 15.7. The summed E-state index contributed by atoms with van der Waals surface area (Å²) in [5.41, 5.74) is 0.743. The van der Waals surface area contributed by atoms with Crippen molar-refractivity contribution in [1.82, 2.24) is 10.0 Å². The molecule has 0 aromatic heterocycles. The van der Waals surface area contributed by atoms with Crippen LogP contribution in [-0.4, -0.2) is 48.4 Å². The molecule has 0 amide bonds. The van der Waals surface area contributed by atoms with Gasteiger partial charge in [0.15, 0.2) is 0 Å². The molecular weight excluding hydrogens is 292 g/mol. The molecule has 0 aliphatic carbocycles. The summed E-state index contributed by atoms with van der Waals surface area (Å²) in [4.78, 5) is 0.290. The average molecular weight is 316 g/mol. The Morgan fingerprint density at radius 1 is 1.24 bits per heavy atom. The largest absolute Gasteiger partial charge is 0.382 e. The zero-order valence-corrected chi connectivity index (χ0v) is 13.6. The van der Waals surface area contributed by atoms with Crippen molar-refractivity contribution < 1.29 is 17.9 Å². The molecule has 1 atom stereocenters. The van der Waals surface area contributed by atoms with Crippen LogP contribution in [0.15, 0.2) is 29.2 Å². The summed E-state index contributed by atoms with van der Waals surface area (Å²) in [6, 6.07) is 6.95. The van der Waals surface area contributed by atoms with E-state index >= 15 is 0 Å². The molecule has 0 heterocycles. The Labute approximate surface area is 126 Å². The monoisotopic (exact) mass is 316 g/mol. The molecule has 0 saturated carbocycles. The lowest BCUT2D eigenvalue weighted by Crippen LogP contribution is -2.36. The van der Waals surface area contributed by atoms with Crippen LogP contribution in [0.1, 0.15) is 12.5 Å². The highest BCUT2D eigenvalue weighted by Gasteiger charge is 2.19. The van der Waals surface area contributed by atoms with Crippen LogP contribution in [0.25, 0.3) is 0 Å². The number of sulfonamides is 1. The first-order valence-corrected chi connectivity index (χ1v) is 8.33. The summed E-state index contributed by atoms with van der Waals surface area (Å²) >= 11 is 0. The van der Waals surface area contributed by atoms with E-state index in [1.807, 2.05) is 13.0 Å². The number of hydrogen-bond donors (Lipinski definition) is 2. The molecule has 21 heavy (non-hydrogen) atoms. The van der Waals surface area contributed by atoms with E-state index in [1.165, 1.54) is 7.11 Å². The highest BCUT2D eigenvalue weighted by molar-refractivity contribution is 7.89. The van der Waals surface area contributed by atoms with Crippen LogP contribution in [0.2, 0.25) is 0 Å². The predicted octanol–water partition coefficient (Wildman–Crippen LogP) is 0.736. The molecule has 0 radical (unpaired) electrons. The number of methoxy groups -OCH3 is 2. The first kappa shape index (κ1) is 18.1. The van der Waals surface area contributed by atoms with E-state index in [2.05, 4.69) is 10.0 Å². The van der Waals surface area contributed by atoms with Crippen LogP contribution >= 0.6 is 0 Å². The number of benzene rings is 1. The highest BCUT2D eigenvalue weighted by atomic mass is 32.2. The van der Waals surface area contributed by atoms with Gasteiger partial charge in [-0.2, -0.15) is 0 Å². The second kappa shape index (κ2) is 9.11. The van der Waals surface area contributed by atoms with E-state index in [1.54, 1.807) is 25.3 Å². The zero-order valence-electron chi connectivity index (χ0n) is 12.8. The molecule has 0 spiro atoms. The number of rotatable bonds is 10. The van der Waals surface area contributed by atoms with Gasteiger partial charge in [-0.3, -0.25) is 0 Å². The predicted molar refractivity (Wildman–Crippen MR) is 81.7 cm³/mol. The molecule has 2 N–H and O–H groups in total. The van der Waals surface area contributed by atoms with Crippen molar-refractivity contribution in [2.45, 2.75) is 24.5 Å².